The summed E-state index contributed by atoms with van der Waals surface area (Å²) >= 11 is 0. The van der Waals surface area contributed by atoms with Crippen molar-refractivity contribution in [2.75, 3.05) is 13.2 Å². The zero-order chi connectivity index (χ0) is 16.7. The molecule has 0 spiro atoms. The van der Waals surface area contributed by atoms with Crippen LogP contribution < -0.4 is 5.32 Å². The maximum Gasteiger partial charge on any atom is 0.407 e. The van der Waals surface area contributed by atoms with Gasteiger partial charge in [0.2, 0.25) is 0 Å². The topological polar surface area (TPSA) is 78.9 Å². The molecule has 0 saturated heterocycles. The lowest BCUT2D eigenvalue weighted by Crippen LogP contribution is -2.54. The number of alkyl carbamates (subject to hydrolysis) is 1. The first-order valence-corrected chi connectivity index (χ1v) is 7.62. The number of rotatable bonds is 8. The Bertz CT molecular complexity index is 541. The van der Waals surface area contributed by atoms with Gasteiger partial charge in [0.15, 0.2) is 0 Å². The highest BCUT2D eigenvalue weighted by molar-refractivity contribution is 5.69. The average Bonchev–Trinajstić information content (AvgIpc) is 2.48. The van der Waals surface area contributed by atoms with Crippen molar-refractivity contribution >= 4 is 12.1 Å². The number of carbonyl (C=O) groups is 2. The first-order valence-electron chi connectivity index (χ1n) is 7.62. The van der Waals surface area contributed by atoms with Gasteiger partial charge in [0, 0.05) is 18.6 Å². The summed E-state index contributed by atoms with van der Waals surface area (Å²) < 4.78 is 4.88. The highest BCUT2D eigenvalue weighted by Crippen LogP contribution is 2.27. The summed E-state index contributed by atoms with van der Waals surface area (Å²) in [4.78, 5) is 24.5. The van der Waals surface area contributed by atoms with Crippen LogP contribution in [0.2, 0.25) is 0 Å². The average molecular weight is 318 g/mol. The molecule has 124 valence electrons. The van der Waals surface area contributed by atoms with Crippen molar-refractivity contribution in [2.45, 2.75) is 31.5 Å². The minimum Gasteiger partial charge on any atom is -0.480 e. The molecule has 23 heavy (non-hydrogen) atoms. The van der Waals surface area contributed by atoms with Crippen LogP contribution >= 0.6 is 0 Å². The van der Waals surface area contributed by atoms with Crippen molar-refractivity contribution in [3.8, 4) is 0 Å². The van der Waals surface area contributed by atoms with Gasteiger partial charge in [0.1, 0.15) is 6.61 Å². The third kappa shape index (κ3) is 5.41. The lowest BCUT2D eigenvalue weighted by atomic mass is 9.85. The molecule has 0 radical (unpaired) electrons. The van der Waals surface area contributed by atoms with Crippen molar-refractivity contribution in [3.63, 3.8) is 0 Å². The number of ether oxygens (including phenoxy) is 1. The predicted octanol–water partition coefficient (Wildman–Crippen LogP) is 2.02. The van der Waals surface area contributed by atoms with Crippen LogP contribution in [0, 0.1) is 0 Å². The van der Waals surface area contributed by atoms with Crippen LogP contribution in [0.1, 0.15) is 18.4 Å². The molecule has 0 aromatic heterocycles. The van der Waals surface area contributed by atoms with Gasteiger partial charge < -0.3 is 15.2 Å². The van der Waals surface area contributed by atoms with Crippen LogP contribution in [0.5, 0.6) is 0 Å². The molecule has 1 aliphatic carbocycles. The third-order valence-electron chi connectivity index (χ3n) is 3.85. The Labute approximate surface area is 135 Å². The molecule has 0 heterocycles. The SMILES string of the molecule is C=CCOC(=O)NC1CC(N(CC(=O)O)Cc2ccccc2)C1. The monoisotopic (exact) mass is 318 g/mol. The smallest absolute Gasteiger partial charge is 0.407 e. The van der Waals surface area contributed by atoms with E-state index in [1.807, 2.05) is 35.2 Å². The fraction of sp³-hybridized carbons (Fsp3) is 0.412. The summed E-state index contributed by atoms with van der Waals surface area (Å²) in [5, 5.41) is 11.9. The van der Waals surface area contributed by atoms with Crippen molar-refractivity contribution < 1.29 is 19.4 Å². The lowest BCUT2D eigenvalue weighted by molar-refractivity contribution is -0.139. The summed E-state index contributed by atoms with van der Waals surface area (Å²) in [7, 11) is 0. The summed E-state index contributed by atoms with van der Waals surface area (Å²) in [5.41, 5.74) is 1.08. The molecule has 2 N–H and O–H groups in total. The van der Waals surface area contributed by atoms with E-state index >= 15 is 0 Å². The molecule has 1 fully saturated rings. The highest BCUT2D eigenvalue weighted by Gasteiger charge is 2.35. The van der Waals surface area contributed by atoms with E-state index in [9.17, 15) is 9.59 Å². The molecule has 6 nitrogen and oxygen atoms in total. The minimum absolute atomic E-state index is 0.00675. The molecule has 6 heteroatoms. The summed E-state index contributed by atoms with van der Waals surface area (Å²) in [6.45, 7) is 4.25. The summed E-state index contributed by atoms with van der Waals surface area (Å²) in [6, 6.07) is 9.96. The molecule has 0 bridgehead atoms. The third-order valence-corrected chi connectivity index (χ3v) is 3.85. The minimum atomic E-state index is -0.845. The molecule has 1 aliphatic rings. The highest BCUT2D eigenvalue weighted by atomic mass is 16.5. The first kappa shape index (κ1) is 17.0. The van der Waals surface area contributed by atoms with E-state index in [1.54, 1.807) is 0 Å². The second kappa shape index (κ2) is 8.33. The first-order chi connectivity index (χ1) is 11.1. The van der Waals surface area contributed by atoms with Crippen molar-refractivity contribution in [1.82, 2.24) is 10.2 Å². The van der Waals surface area contributed by atoms with Gasteiger partial charge in [-0.3, -0.25) is 9.69 Å². The Hall–Kier alpha value is -2.34. The zero-order valence-electron chi connectivity index (χ0n) is 13.0. The van der Waals surface area contributed by atoms with Gasteiger partial charge in [-0.15, -0.1) is 0 Å². The second-order valence-electron chi connectivity index (χ2n) is 5.64. The Morgan fingerprint density at radius 1 is 1.35 bits per heavy atom. The van der Waals surface area contributed by atoms with E-state index in [2.05, 4.69) is 11.9 Å². The quantitative estimate of drug-likeness (QED) is 0.717. The van der Waals surface area contributed by atoms with E-state index in [-0.39, 0.29) is 25.2 Å². The van der Waals surface area contributed by atoms with Gasteiger partial charge in [0.25, 0.3) is 0 Å². The van der Waals surface area contributed by atoms with Crippen LogP contribution in [-0.2, 0) is 16.1 Å². The molecule has 0 aliphatic heterocycles. The fourth-order valence-corrected chi connectivity index (χ4v) is 2.65. The second-order valence-corrected chi connectivity index (χ2v) is 5.64. The molecule has 0 unspecified atom stereocenters. The Morgan fingerprint density at radius 3 is 2.65 bits per heavy atom. The Balaban J connectivity index is 1.83. The van der Waals surface area contributed by atoms with Gasteiger partial charge in [-0.1, -0.05) is 43.0 Å². The zero-order valence-corrected chi connectivity index (χ0v) is 13.0. The van der Waals surface area contributed by atoms with Crippen LogP contribution in [0.3, 0.4) is 0 Å². The summed E-state index contributed by atoms with van der Waals surface area (Å²) in [6.07, 6.45) is 2.51. The molecule has 1 aromatic carbocycles. The van der Waals surface area contributed by atoms with Gasteiger partial charge in [-0.2, -0.15) is 0 Å². The molecular formula is C17H22N2O4. The maximum absolute atomic E-state index is 11.5. The number of benzene rings is 1. The number of nitrogens with zero attached hydrogens (tertiary/aromatic N) is 1. The van der Waals surface area contributed by atoms with E-state index in [0.29, 0.717) is 6.54 Å². The predicted molar refractivity (Wildman–Crippen MR) is 86.0 cm³/mol. The lowest BCUT2D eigenvalue weighted by Gasteiger charge is -2.42. The van der Waals surface area contributed by atoms with Crippen molar-refractivity contribution in [2.24, 2.45) is 0 Å². The molecular weight excluding hydrogens is 296 g/mol. The number of carboxylic acid groups (broad SMARTS) is 1. The Morgan fingerprint density at radius 2 is 2.04 bits per heavy atom. The standard InChI is InChI=1S/C17H22N2O4/c1-2-8-23-17(22)18-14-9-15(10-14)19(12-16(20)21)11-13-6-4-3-5-7-13/h2-7,14-15H,1,8-12H2,(H,18,22)(H,20,21). The number of amides is 1. The summed E-state index contributed by atoms with van der Waals surface area (Å²) in [5.74, 6) is -0.845. The van der Waals surface area contributed by atoms with Crippen LogP contribution in [0.15, 0.2) is 43.0 Å². The number of hydrogen-bond donors (Lipinski definition) is 2. The number of carboxylic acids is 1. The van der Waals surface area contributed by atoms with Gasteiger partial charge in [-0.05, 0) is 18.4 Å². The number of hydrogen-bond acceptors (Lipinski definition) is 4. The van der Waals surface area contributed by atoms with Crippen LogP contribution in [-0.4, -0.2) is 47.3 Å². The largest absolute Gasteiger partial charge is 0.480 e. The van der Waals surface area contributed by atoms with Crippen molar-refractivity contribution in [3.05, 3.63) is 48.6 Å². The molecule has 1 aromatic rings. The van der Waals surface area contributed by atoms with Gasteiger partial charge in [0.05, 0.1) is 6.54 Å². The molecule has 1 amide bonds. The fourth-order valence-electron chi connectivity index (χ4n) is 2.65. The van der Waals surface area contributed by atoms with E-state index in [0.717, 1.165) is 18.4 Å². The normalized spacial score (nSPS) is 19.7. The molecule has 0 atom stereocenters. The van der Waals surface area contributed by atoms with Crippen LogP contribution in [0.25, 0.3) is 0 Å². The number of carbonyl (C=O) groups excluding carboxylic acids is 1. The van der Waals surface area contributed by atoms with Crippen LogP contribution in [0.4, 0.5) is 4.79 Å². The molecule has 2 rings (SSSR count). The molecule has 1 saturated carbocycles. The van der Waals surface area contributed by atoms with E-state index < -0.39 is 12.1 Å². The van der Waals surface area contributed by atoms with Crippen molar-refractivity contribution in [1.29, 1.82) is 0 Å². The maximum atomic E-state index is 11.5. The number of aliphatic carboxylic acids is 1. The number of nitrogens with one attached hydrogen (secondary N) is 1. The van der Waals surface area contributed by atoms with Gasteiger partial charge >= 0.3 is 12.1 Å². The Kier molecular flexibility index (Phi) is 6.17. The van der Waals surface area contributed by atoms with E-state index in [1.165, 1.54) is 6.08 Å². The van der Waals surface area contributed by atoms with Gasteiger partial charge in [-0.25, -0.2) is 4.79 Å². The van der Waals surface area contributed by atoms with E-state index in [4.69, 9.17) is 9.84 Å².